The SMILES string of the molecule is S=C1CCSC=CN1. The second-order valence-corrected chi connectivity index (χ2v) is 3.00. The first-order valence-corrected chi connectivity index (χ1v) is 3.91. The predicted molar refractivity (Wildman–Crippen MR) is 41.9 cm³/mol. The van der Waals surface area contributed by atoms with Gasteiger partial charge in [-0.25, -0.2) is 0 Å². The van der Waals surface area contributed by atoms with Gasteiger partial charge in [-0.05, 0) is 5.41 Å². The fourth-order valence-electron chi connectivity index (χ4n) is 0.467. The first-order valence-electron chi connectivity index (χ1n) is 2.45. The molecule has 0 aliphatic carbocycles. The van der Waals surface area contributed by atoms with E-state index in [1.54, 1.807) is 11.8 Å². The molecule has 1 nitrogen and oxygen atoms in total. The molecule has 8 heavy (non-hydrogen) atoms. The summed E-state index contributed by atoms with van der Waals surface area (Å²) in [5.74, 6) is 1.11. The van der Waals surface area contributed by atoms with Crippen LogP contribution in [0.5, 0.6) is 0 Å². The van der Waals surface area contributed by atoms with Crippen LogP contribution in [0.25, 0.3) is 0 Å². The molecule has 1 N–H and O–H groups in total. The summed E-state index contributed by atoms with van der Waals surface area (Å²) in [5.41, 5.74) is 0. The number of thioether (sulfide) groups is 1. The summed E-state index contributed by atoms with van der Waals surface area (Å²) in [6.45, 7) is 0. The van der Waals surface area contributed by atoms with Crippen molar-refractivity contribution in [2.45, 2.75) is 6.42 Å². The number of rotatable bonds is 0. The molecule has 0 aromatic rings. The molecule has 0 saturated heterocycles. The largest absolute Gasteiger partial charge is 0.356 e. The van der Waals surface area contributed by atoms with E-state index < -0.39 is 0 Å². The molecule has 0 unspecified atom stereocenters. The van der Waals surface area contributed by atoms with Crippen LogP contribution in [0.4, 0.5) is 0 Å². The highest BCUT2D eigenvalue weighted by Gasteiger charge is 1.95. The molecule has 1 aliphatic rings. The van der Waals surface area contributed by atoms with Gasteiger partial charge in [-0.3, -0.25) is 0 Å². The highest BCUT2D eigenvalue weighted by Crippen LogP contribution is 2.06. The molecule has 0 atom stereocenters. The molecule has 0 amide bonds. The minimum absolute atomic E-state index is 0.950. The lowest BCUT2D eigenvalue weighted by molar-refractivity contribution is 1.21. The molecule has 1 aliphatic heterocycles. The summed E-state index contributed by atoms with van der Waals surface area (Å²) < 4.78 is 0. The van der Waals surface area contributed by atoms with Crippen molar-refractivity contribution < 1.29 is 0 Å². The molecule has 0 aromatic carbocycles. The Bertz CT molecular complexity index is 120. The van der Waals surface area contributed by atoms with Gasteiger partial charge in [-0.1, -0.05) is 12.2 Å². The third kappa shape index (κ3) is 1.84. The van der Waals surface area contributed by atoms with E-state index in [0.717, 1.165) is 17.2 Å². The van der Waals surface area contributed by atoms with Crippen molar-refractivity contribution >= 4 is 29.0 Å². The second-order valence-electron chi connectivity index (χ2n) is 1.49. The van der Waals surface area contributed by atoms with Crippen LogP contribution < -0.4 is 5.32 Å². The van der Waals surface area contributed by atoms with Gasteiger partial charge in [0.2, 0.25) is 0 Å². The van der Waals surface area contributed by atoms with Gasteiger partial charge in [0.15, 0.2) is 0 Å². The average Bonchev–Trinajstić information content (AvgIpc) is 1.94. The molecule has 0 bridgehead atoms. The Labute approximate surface area is 58.5 Å². The lowest BCUT2D eigenvalue weighted by Crippen LogP contribution is -2.12. The molecule has 0 aromatic heterocycles. The van der Waals surface area contributed by atoms with Gasteiger partial charge in [-0.2, -0.15) is 0 Å². The van der Waals surface area contributed by atoms with Gasteiger partial charge < -0.3 is 5.32 Å². The zero-order valence-corrected chi connectivity index (χ0v) is 6.02. The summed E-state index contributed by atoms with van der Waals surface area (Å²) in [6, 6.07) is 0. The Hall–Kier alpha value is -0.0200. The predicted octanol–water partition coefficient (Wildman–Crippen LogP) is 1.51. The van der Waals surface area contributed by atoms with Gasteiger partial charge in [0, 0.05) is 18.4 Å². The van der Waals surface area contributed by atoms with Gasteiger partial charge in [0.05, 0.1) is 4.99 Å². The van der Waals surface area contributed by atoms with Crippen molar-refractivity contribution in [1.82, 2.24) is 5.32 Å². The third-order valence-corrected chi connectivity index (χ3v) is 1.95. The number of nitrogens with one attached hydrogen (secondary N) is 1. The van der Waals surface area contributed by atoms with Crippen LogP contribution >= 0.6 is 24.0 Å². The van der Waals surface area contributed by atoms with Crippen molar-refractivity contribution in [2.75, 3.05) is 5.75 Å². The van der Waals surface area contributed by atoms with Crippen molar-refractivity contribution in [3.8, 4) is 0 Å². The number of hydrogen-bond donors (Lipinski definition) is 1. The van der Waals surface area contributed by atoms with Gasteiger partial charge in [0.25, 0.3) is 0 Å². The van der Waals surface area contributed by atoms with E-state index in [1.807, 2.05) is 11.6 Å². The highest BCUT2D eigenvalue weighted by atomic mass is 32.2. The molecule has 0 radical (unpaired) electrons. The van der Waals surface area contributed by atoms with E-state index in [4.69, 9.17) is 12.2 Å². The van der Waals surface area contributed by atoms with E-state index in [2.05, 4.69) is 5.32 Å². The number of thiocarbonyl (C=S) groups is 1. The van der Waals surface area contributed by atoms with E-state index in [9.17, 15) is 0 Å². The van der Waals surface area contributed by atoms with Crippen LogP contribution in [0, 0.1) is 0 Å². The first kappa shape index (κ1) is 6.11. The molecule has 44 valence electrons. The van der Waals surface area contributed by atoms with Crippen molar-refractivity contribution in [1.29, 1.82) is 0 Å². The lowest BCUT2D eigenvalue weighted by atomic mass is 10.5. The van der Waals surface area contributed by atoms with Gasteiger partial charge in [-0.15, -0.1) is 11.8 Å². The van der Waals surface area contributed by atoms with Crippen LogP contribution in [-0.2, 0) is 0 Å². The van der Waals surface area contributed by atoms with Crippen molar-refractivity contribution in [3.63, 3.8) is 0 Å². The average molecular weight is 145 g/mol. The maximum Gasteiger partial charge on any atom is 0.0801 e. The van der Waals surface area contributed by atoms with Gasteiger partial charge in [0.1, 0.15) is 0 Å². The van der Waals surface area contributed by atoms with Crippen LogP contribution in [-0.4, -0.2) is 10.7 Å². The van der Waals surface area contributed by atoms with E-state index in [0.29, 0.717) is 0 Å². The Morgan fingerprint density at radius 2 is 2.62 bits per heavy atom. The summed E-state index contributed by atoms with van der Waals surface area (Å²) in [5, 5.41) is 5.00. The minimum atomic E-state index is 0.950. The zero-order chi connectivity index (χ0) is 5.82. The Kier molecular flexibility index (Phi) is 2.36. The van der Waals surface area contributed by atoms with Gasteiger partial charge >= 0.3 is 0 Å². The minimum Gasteiger partial charge on any atom is -0.356 e. The smallest absolute Gasteiger partial charge is 0.0801 e. The molecule has 1 rings (SSSR count). The second kappa shape index (κ2) is 3.10. The Morgan fingerprint density at radius 3 is 3.50 bits per heavy atom. The molecule has 1 heterocycles. The number of hydrogen-bond acceptors (Lipinski definition) is 2. The van der Waals surface area contributed by atoms with Crippen molar-refractivity contribution in [2.24, 2.45) is 0 Å². The molecular formula is C5H7NS2. The van der Waals surface area contributed by atoms with Crippen LogP contribution in [0.2, 0.25) is 0 Å². The quantitative estimate of drug-likeness (QED) is 0.519. The van der Waals surface area contributed by atoms with Crippen LogP contribution in [0.15, 0.2) is 11.6 Å². The molecule has 0 spiro atoms. The zero-order valence-electron chi connectivity index (χ0n) is 4.39. The lowest BCUT2D eigenvalue weighted by Gasteiger charge is -1.94. The summed E-state index contributed by atoms with van der Waals surface area (Å²) in [7, 11) is 0. The summed E-state index contributed by atoms with van der Waals surface area (Å²) >= 11 is 6.71. The normalized spacial score (nSPS) is 19.8. The highest BCUT2D eigenvalue weighted by molar-refractivity contribution is 8.02. The summed E-state index contributed by atoms with van der Waals surface area (Å²) in [6.07, 6.45) is 2.90. The molecule has 3 heteroatoms. The van der Waals surface area contributed by atoms with Crippen molar-refractivity contribution in [3.05, 3.63) is 11.6 Å². The van der Waals surface area contributed by atoms with E-state index in [-0.39, 0.29) is 0 Å². The van der Waals surface area contributed by atoms with Crippen LogP contribution in [0.3, 0.4) is 0 Å². The first-order chi connectivity index (χ1) is 3.89. The fourth-order valence-corrected chi connectivity index (χ4v) is 1.39. The Balaban J connectivity index is 2.41. The fraction of sp³-hybridized carbons (Fsp3) is 0.400. The summed E-state index contributed by atoms with van der Waals surface area (Å²) in [4.78, 5) is 0.950. The van der Waals surface area contributed by atoms with E-state index >= 15 is 0 Å². The maximum absolute atomic E-state index is 4.92. The van der Waals surface area contributed by atoms with Crippen LogP contribution in [0.1, 0.15) is 6.42 Å². The molecular weight excluding hydrogens is 138 g/mol. The third-order valence-electron chi connectivity index (χ3n) is 0.856. The maximum atomic E-state index is 4.92. The van der Waals surface area contributed by atoms with E-state index in [1.165, 1.54) is 0 Å². The molecule has 0 fully saturated rings. The molecule has 0 saturated carbocycles. The topological polar surface area (TPSA) is 12.0 Å². The standard InChI is InChI=1S/C5H7NS2/c7-5-1-3-8-4-2-6-5/h2,4H,1,3H2,(H,6,7). The Morgan fingerprint density at radius 1 is 1.75 bits per heavy atom. The monoisotopic (exact) mass is 145 g/mol.